The van der Waals surface area contributed by atoms with Crippen LogP contribution in [0.3, 0.4) is 0 Å². The molecule has 0 saturated carbocycles. The monoisotopic (exact) mass is 522 g/mol. The van der Waals surface area contributed by atoms with Crippen molar-refractivity contribution in [3.8, 4) is 0 Å². The molecule has 11 nitrogen and oxygen atoms in total. The van der Waals surface area contributed by atoms with Crippen LogP contribution in [0.4, 0.5) is 0 Å². The highest BCUT2D eigenvalue weighted by atomic mass is 32.2. The third-order valence-electron chi connectivity index (χ3n) is 5.94. The number of aliphatic carboxylic acids is 2. The van der Waals surface area contributed by atoms with E-state index in [1.807, 2.05) is 37.3 Å². The lowest BCUT2D eigenvalue weighted by molar-refractivity contribution is -0.139. The molecule has 1 saturated heterocycles. The van der Waals surface area contributed by atoms with Crippen molar-refractivity contribution in [2.24, 2.45) is 5.92 Å². The molecule has 0 spiro atoms. The molecule has 3 unspecified atom stereocenters. The smallest absolute Gasteiger partial charge is 0.322 e. The molecular weight excluding hydrogens is 488 g/mol. The zero-order valence-corrected chi connectivity index (χ0v) is 21.2. The second-order valence-electron chi connectivity index (χ2n) is 8.71. The van der Waals surface area contributed by atoms with E-state index in [2.05, 4.69) is 21.3 Å². The summed E-state index contributed by atoms with van der Waals surface area (Å²) in [6.07, 6.45) is 1.36. The van der Waals surface area contributed by atoms with Crippen LogP contribution in [0.25, 0.3) is 0 Å². The molecule has 36 heavy (non-hydrogen) atoms. The average Bonchev–Trinajstić information content (AvgIpc) is 2.83. The van der Waals surface area contributed by atoms with Crippen LogP contribution in [0.15, 0.2) is 30.3 Å². The molecule has 1 fully saturated rings. The van der Waals surface area contributed by atoms with E-state index in [0.29, 0.717) is 6.42 Å². The number of carbonyl (C=O) groups is 5. The van der Waals surface area contributed by atoms with Crippen LogP contribution < -0.4 is 21.3 Å². The van der Waals surface area contributed by atoms with Crippen LogP contribution in [0.1, 0.15) is 43.4 Å². The Morgan fingerprint density at radius 2 is 1.81 bits per heavy atom. The van der Waals surface area contributed by atoms with Gasteiger partial charge >= 0.3 is 11.9 Å². The van der Waals surface area contributed by atoms with Gasteiger partial charge in [-0.3, -0.25) is 24.0 Å². The van der Waals surface area contributed by atoms with Crippen molar-refractivity contribution in [1.82, 2.24) is 21.3 Å². The van der Waals surface area contributed by atoms with Gasteiger partial charge < -0.3 is 31.5 Å². The molecule has 5 atom stereocenters. The molecule has 0 aliphatic carbocycles. The Hall–Kier alpha value is -3.12. The first-order chi connectivity index (χ1) is 17.1. The first-order valence-electron chi connectivity index (χ1n) is 11.8. The Balaban J connectivity index is 2.15. The molecule has 6 N–H and O–H groups in total. The number of piperidine rings is 1. The van der Waals surface area contributed by atoms with E-state index in [9.17, 15) is 24.0 Å². The number of nitrogens with one attached hydrogen (secondary N) is 4. The number of amides is 3. The summed E-state index contributed by atoms with van der Waals surface area (Å²) in [5.41, 5.74) is 0.909. The van der Waals surface area contributed by atoms with E-state index in [1.165, 1.54) is 18.8 Å². The minimum absolute atomic E-state index is 0.0152. The molecular formula is C24H34N4O7S. The van der Waals surface area contributed by atoms with Gasteiger partial charge in [0.2, 0.25) is 17.7 Å². The topological polar surface area (TPSA) is 174 Å². The van der Waals surface area contributed by atoms with Crippen molar-refractivity contribution >= 4 is 41.4 Å². The lowest BCUT2D eigenvalue weighted by Gasteiger charge is -2.33. The molecule has 3 amide bonds. The number of carboxylic acids is 2. The van der Waals surface area contributed by atoms with Crippen molar-refractivity contribution in [3.05, 3.63) is 35.9 Å². The Morgan fingerprint density at radius 1 is 1.11 bits per heavy atom. The average molecular weight is 523 g/mol. The Labute approximate surface area is 214 Å². The fourth-order valence-electron chi connectivity index (χ4n) is 3.96. The molecule has 1 aromatic carbocycles. The maximum absolute atomic E-state index is 12.8. The summed E-state index contributed by atoms with van der Waals surface area (Å²) >= 11 is 1.34. The molecule has 0 aromatic heterocycles. The highest BCUT2D eigenvalue weighted by molar-refractivity contribution is 7.99. The van der Waals surface area contributed by atoms with Gasteiger partial charge in [0.1, 0.15) is 18.6 Å². The summed E-state index contributed by atoms with van der Waals surface area (Å²) < 4.78 is 0. The number of thioether (sulfide) groups is 1. The highest BCUT2D eigenvalue weighted by Gasteiger charge is 2.35. The van der Waals surface area contributed by atoms with Crippen LogP contribution in [0.5, 0.6) is 0 Å². The van der Waals surface area contributed by atoms with Crippen LogP contribution in [-0.2, 0) is 24.0 Å². The van der Waals surface area contributed by atoms with E-state index >= 15 is 0 Å². The van der Waals surface area contributed by atoms with Gasteiger partial charge in [-0.25, -0.2) is 0 Å². The van der Waals surface area contributed by atoms with E-state index in [1.54, 1.807) is 0 Å². The molecule has 1 aliphatic heterocycles. The van der Waals surface area contributed by atoms with Crippen molar-refractivity contribution in [2.45, 2.75) is 56.0 Å². The van der Waals surface area contributed by atoms with E-state index in [4.69, 9.17) is 10.2 Å². The second kappa shape index (κ2) is 14.4. The molecule has 1 aliphatic rings. The summed E-state index contributed by atoms with van der Waals surface area (Å²) in [6, 6.07) is 7.51. The highest BCUT2D eigenvalue weighted by Crippen LogP contribution is 2.40. The molecule has 0 radical (unpaired) electrons. The molecule has 198 valence electrons. The van der Waals surface area contributed by atoms with Gasteiger partial charge in [0, 0.05) is 23.5 Å². The maximum Gasteiger partial charge on any atom is 0.322 e. The normalized spacial score (nSPS) is 19.9. The quantitative estimate of drug-likeness (QED) is 0.203. The number of likely N-dealkylation sites (N-methyl/N-ethyl adjacent to an activating group) is 1. The summed E-state index contributed by atoms with van der Waals surface area (Å²) in [4.78, 5) is 60.2. The van der Waals surface area contributed by atoms with Gasteiger partial charge in [-0.1, -0.05) is 30.3 Å². The fourth-order valence-corrected chi connectivity index (χ4v) is 5.44. The first-order valence-corrected chi connectivity index (χ1v) is 12.8. The standard InChI is InChI=1S/C24H34N4O7S/c1-14-8-9-16(22(32)27-14)21(15-6-4-3-5-7-15)36-13-18(23(33)26-12-20(30)31)28-19(29)11-10-17(25-2)24(34)35/h3-7,14,16-18,21,25H,8-13H2,1-2H3,(H,26,33)(H,27,32)(H,28,29)(H,30,31)(H,34,35)/t14?,16?,17-,18+,21?/m1/s1. The third-order valence-corrected chi connectivity index (χ3v) is 7.43. The zero-order chi connectivity index (χ0) is 26.7. The molecule has 2 rings (SSSR count). The predicted octanol–water partition coefficient (Wildman–Crippen LogP) is 0.514. The number of hydrogen-bond donors (Lipinski definition) is 6. The first kappa shape index (κ1) is 29.1. The lowest BCUT2D eigenvalue weighted by Crippen LogP contribution is -2.50. The molecule has 1 heterocycles. The van der Waals surface area contributed by atoms with Gasteiger partial charge in [0.15, 0.2) is 0 Å². The van der Waals surface area contributed by atoms with Crippen molar-refractivity contribution in [2.75, 3.05) is 19.3 Å². The van der Waals surface area contributed by atoms with Crippen LogP contribution >= 0.6 is 11.8 Å². The fraction of sp³-hybridized carbons (Fsp3) is 0.542. The van der Waals surface area contributed by atoms with Gasteiger partial charge in [0.05, 0.1) is 5.92 Å². The van der Waals surface area contributed by atoms with Crippen LogP contribution in [0, 0.1) is 5.92 Å². The van der Waals surface area contributed by atoms with Crippen molar-refractivity contribution < 1.29 is 34.2 Å². The third kappa shape index (κ3) is 9.15. The molecule has 0 bridgehead atoms. The van der Waals surface area contributed by atoms with Gasteiger partial charge in [-0.2, -0.15) is 11.8 Å². The number of benzene rings is 1. The van der Waals surface area contributed by atoms with E-state index in [-0.39, 0.29) is 41.7 Å². The Kier molecular flexibility index (Phi) is 11.7. The minimum atomic E-state index is -1.23. The van der Waals surface area contributed by atoms with Gasteiger partial charge in [-0.15, -0.1) is 0 Å². The Bertz CT molecular complexity index is 930. The predicted molar refractivity (Wildman–Crippen MR) is 134 cm³/mol. The van der Waals surface area contributed by atoms with Gasteiger partial charge in [-0.05, 0) is 38.8 Å². The SMILES string of the molecule is CN[C@H](CCC(=O)N[C@@H](CSC(c1ccccc1)C1CCC(C)NC1=O)C(=O)NCC(=O)O)C(=O)O. The zero-order valence-electron chi connectivity index (χ0n) is 20.4. The van der Waals surface area contributed by atoms with Crippen LogP contribution in [0.2, 0.25) is 0 Å². The van der Waals surface area contributed by atoms with E-state index < -0.39 is 42.4 Å². The van der Waals surface area contributed by atoms with Crippen molar-refractivity contribution in [3.63, 3.8) is 0 Å². The number of hydrogen-bond acceptors (Lipinski definition) is 7. The van der Waals surface area contributed by atoms with Gasteiger partial charge in [0.25, 0.3) is 0 Å². The summed E-state index contributed by atoms with van der Waals surface area (Å²) in [5, 5.41) is 28.2. The van der Waals surface area contributed by atoms with Crippen molar-refractivity contribution in [1.29, 1.82) is 0 Å². The molecule has 1 aromatic rings. The summed E-state index contributed by atoms with van der Waals surface area (Å²) in [6.45, 7) is 1.34. The minimum Gasteiger partial charge on any atom is -0.480 e. The number of carbonyl (C=O) groups excluding carboxylic acids is 3. The number of carboxylic acid groups (broad SMARTS) is 2. The van der Waals surface area contributed by atoms with E-state index in [0.717, 1.165) is 12.0 Å². The molecule has 12 heteroatoms. The summed E-state index contributed by atoms with van der Waals surface area (Å²) in [7, 11) is 1.47. The maximum atomic E-state index is 12.8. The largest absolute Gasteiger partial charge is 0.480 e. The lowest BCUT2D eigenvalue weighted by atomic mass is 9.88. The summed E-state index contributed by atoms with van der Waals surface area (Å²) in [5.74, 6) is -3.85. The Morgan fingerprint density at radius 3 is 2.39 bits per heavy atom. The van der Waals surface area contributed by atoms with Crippen LogP contribution in [-0.4, -0.2) is 77.3 Å². The number of rotatable bonds is 14. The second-order valence-corrected chi connectivity index (χ2v) is 9.88.